The summed E-state index contributed by atoms with van der Waals surface area (Å²) in [6.45, 7) is 3.69. The number of rotatable bonds is 5. The summed E-state index contributed by atoms with van der Waals surface area (Å²) < 4.78 is 1.73. The molecule has 4 aromatic rings. The number of carbonyl (C=O) groups excluding carboxylic acids is 1. The quantitative estimate of drug-likeness (QED) is 0.381. The smallest absolute Gasteiger partial charge is 0.226 e. The number of carbonyl (C=O) groups is 1. The second-order valence-corrected chi connectivity index (χ2v) is 8.68. The van der Waals surface area contributed by atoms with Crippen molar-refractivity contribution < 1.29 is 4.79 Å². The van der Waals surface area contributed by atoms with E-state index in [-0.39, 0.29) is 17.5 Å². The Kier molecular flexibility index (Phi) is 4.91. The van der Waals surface area contributed by atoms with E-state index in [1.807, 2.05) is 31.6 Å². The van der Waals surface area contributed by atoms with Crippen molar-refractivity contribution in [2.24, 2.45) is 0 Å². The predicted molar refractivity (Wildman–Crippen MR) is 124 cm³/mol. The predicted octanol–water partition coefficient (Wildman–Crippen LogP) is 2.96. The second kappa shape index (κ2) is 7.77. The molecule has 1 aliphatic rings. The Bertz CT molecular complexity index is 1280. The third-order valence-electron chi connectivity index (χ3n) is 6.20. The first-order chi connectivity index (χ1) is 15.4. The van der Waals surface area contributed by atoms with E-state index in [1.165, 1.54) is 0 Å². The lowest BCUT2D eigenvalue weighted by molar-refractivity contribution is -0.121. The zero-order chi connectivity index (χ0) is 22.3. The van der Waals surface area contributed by atoms with Crippen molar-refractivity contribution >= 4 is 34.4 Å². The molecule has 10 nitrogen and oxygen atoms in total. The van der Waals surface area contributed by atoms with Gasteiger partial charge >= 0.3 is 0 Å². The van der Waals surface area contributed by atoms with Crippen molar-refractivity contribution in [3.63, 3.8) is 0 Å². The van der Waals surface area contributed by atoms with Crippen LogP contribution in [0.15, 0.2) is 30.7 Å². The van der Waals surface area contributed by atoms with E-state index in [0.717, 1.165) is 59.4 Å². The van der Waals surface area contributed by atoms with Gasteiger partial charge in [0, 0.05) is 49.6 Å². The number of fused-ring (bicyclic) bond motifs is 2. The molecule has 4 heterocycles. The number of amides is 1. The highest BCUT2D eigenvalue weighted by Crippen LogP contribution is 2.33. The molecule has 0 bridgehead atoms. The SMILES string of the molecule is CNc1nc(N[C@H]2CC[C@](C)(NC(C)=O)CC2)nc2[nH]cc(-c3ccn4nccc4n3)c12. The van der Waals surface area contributed by atoms with Gasteiger partial charge in [-0.15, -0.1) is 0 Å². The van der Waals surface area contributed by atoms with Gasteiger partial charge in [0.25, 0.3) is 0 Å². The van der Waals surface area contributed by atoms with Gasteiger partial charge in [-0.2, -0.15) is 15.1 Å². The van der Waals surface area contributed by atoms with Gasteiger partial charge in [-0.1, -0.05) is 0 Å². The van der Waals surface area contributed by atoms with Gasteiger partial charge in [-0.3, -0.25) is 4.79 Å². The molecule has 10 heteroatoms. The highest BCUT2D eigenvalue weighted by atomic mass is 16.1. The van der Waals surface area contributed by atoms with Crippen molar-refractivity contribution in [3.05, 3.63) is 30.7 Å². The molecule has 4 aromatic heterocycles. The fourth-order valence-corrected chi connectivity index (χ4v) is 4.57. The topological polar surface area (TPSA) is 125 Å². The van der Waals surface area contributed by atoms with Crippen LogP contribution in [0.5, 0.6) is 0 Å². The largest absolute Gasteiger partial charge is 0.372 e. The zero-order valence-electron chi connectivity index (χ0n) is 18.4. The van der Waals surface area contributed by atoms with Crippen LogP contribution in [0.4, 0.5) is 11.8 Å². The fourth-order valence-electron chi connectivity index (χ4n) is 4.57. The lowest BCUT2D eigenvalue weighted by Gasteiger charge is -2.38. The van der Waals surface area contributed by atoms with Crippen LogP contribution in [0.25, 0.3) is 27.9 Å². The molecule has 166 valence electrons. The summed E-state index contributed by atoms with van der Waals surface area (Å²) in [5.74, 6) is 1.35. The molecule has 0 saturated heterocycles. The van der Waals surface area contributed by atoms with Gasteiger partial charge in [-0.05, 0) is 38.7 Å². The zero-order valence-corrected chi connectivity index (χ0v) is 18.4. The number of hydrogen-bond acceptors (Lipinski definition) is 7. The van der Waals surface area contributed by atoms with Crippen LogP contribution in [0.2, 0.25) is 0 Å². The molecule has 0 unspecified atom stereocenters. The molecule has 1 saturated carbocycles. The fraction of sp³-hybridized carbons (Fsp3) is 0.409. The van der Waals surface area contributed by atoms with Crippen LogP contribution in [-0.4, -0.2) is 54.1 Å². The maximum atomic E-state index is 11.5. The molecule has 0 atom stereocenters. The van der Waals surface area contributed by atoms with E-state index < -0.39 is 0 Å². The number of nitrogens with zero attached hydrogens (tertiary/aromatic N) is 5. The van der Waals surface area contributed by atoms with Gasteiger partial charge in [0.2, 0.25) is 11.9 Å². The minimum Gasteiger partial charge on any atom is -0.372 e. The maximum absolute atomic E-state index is 11.5. The minimum absolute atomic E-state index is 0.0239. The first-order valence-electron chi connectivity index (χ1n) is 10.9. The molecule has 0 radical (unpaired) electrons. The van der Waals surface area contributed by atoms with E-state index in [9.17, 15) is 4.79 Å². The van der Waals surface area contributed by atoms with E-state index in [0.29, 0.717) is 5.95 Å². The maximum Gasteiger partial charge on any atom is 0.226 e. The number of H-pyrrole nitrogens is 1. The van der Waals surface area contributed by atoms with Crippen LogP contribution < -0.4 is 16.0 Å². The van der Waals surface area contributed by atoms with Crippen LogP contribution in [-0.2, 0) is 4.79 Å². The number of aromatic nitrogens is 6. The molecule has 4 N–H and O–H groups in total. The standard InChI is InChI=1S/C22H27N9O/c1-13(32)30-22(2)8-4-14(5-9-22)26-21-28-19(23-3)18-15(12-24-20(18)29-21)16-7-11-31-17(27-16)6-10-25-31/h6-7,10-12,14H,4-5,8-9H2,1-3H3,(H,30,32)(H3,23,24,26,28,29)/t14-,22-. The monoisotopic (exact) mass is 433 g/mol. The van der Waals surface area contributed by atoms with Gasteiger partial charge in [0.05, 0.1) is 17.3 Å². The van der Waals surface area contributed by atoms with Crippen molar-refractivity contribution in [2.45, 2.75) is 51.1 Å². The summed E-state index contributed by atoms with van der Waals surface area (Å²) in [4.78, 5) is 28.9. The number of hydrogen-bond donors (Lipinski definition) is 4. The Morgan fingerprint density at radius 3 is 2.78 bits per heavy atom. The number of aromatic amines is 1. The summed E-state index contributed by atoms with van der Waals surface area (Å²) in [5.41, 5.74) is 3.16. The van der Waals surface area contributed by atoms with Crippen molar-refractivity contribution in [1.82, 2.24) is 34.9 Å². The van der Waals surface area contributed by atoms with E-state index in [2.05, 4.69) is 33.0 Å². The molecule has 0 spiro atoms. The first kappa shape index (κ1) is 20.2. The lowest BCUT2D eigenvalue weighted by Crippen LogP contribution is -2.49. The molecule has 1 aliphatic carbocycles. The van der Waals surface area contributed by atoms with Crippen LogP contribution >= 0.6 is 0 Å². The number of anilines is 2. The Morgan fingerprint density at radius 2 is 2.03 bits per heavy atom. The Morgan fingerprint density at radius 1 is 1.22 bits per heavy atom. The second-order valence-electron chi connectivity index (χ2n) is 8.68. The van der Waals surface area contributed by atoms with Gasteiger partial charge < -0.3 is 20.9 Å². The highest BCUT2D eigenvalue weighted by Gasteiger charge is 2.32. The number of nitrogens with one attached hydrogen (secondary N) is 4. The molecule has 32 heavy (non-hydrogen) atoms. The van der Waals surface area contributed by atoms with Crippen LogP contribution in [0.1, 0.15) is 39.5 Å². The van der Waals surface area contributed by atoms with Gasteiger partial charge in [0.1, 0.15) is 11.5 Å². The Hall–Kier alpha value is -3.69. The molecule has 1 fully saturated rings. The normalized spacial score (nSPS) is 21.0. The van der Waals surface area contributed by atoms with E-state index >= 15 is 0 Å². The average molecular weight is 434 g/mol. The third-order valence-corrected chi connectivity index (χ3v) is 6.20. The van der Waals surface area contributed by atoms with E-state index in [1.54, 1.807) is 17.6 Å². The van der Waals surface area contributed by atoms with Gasteiger partial charge in [0.15, 0.2) is 5.65 Å². The molecular formula is C22H27N9O. The lowest BCUT2D eigenvalue weighted by atomic mass is 9.81. The van der Waals surface area contributed by atoms with Crippen LogP contribution in [0.3, 0.4) is 0 Å². The average Bonchev–Trinajstić information content (AvgIpc) is 3.40. The van der Waals surface area contributed by atoms with Gasteiger partial charge in [-0.25, -0.2) is 9.50 Å². The summed E-state index contributed by atoms with van der Waals surface area (Å²) in [6.07, 6.45) is 9.26. The summed E-state index contributed by atoms with van der Waals surface area (Å²) in [7, 11) is 1.86. The minimum atomic E-state index is -0.136. The van der Waals surface area contributed by atoms with Crippen molar-refractivity contribution in [1.29, 1.82) is 0 Å². The van der Waals surface area contributed by atoms with Crippen molar-refractivity contribution in [3.8, 4) is 11.3 Å². The third kappa shape index (κ3) is 3.72. The first-order valence-corrected chi connectivity index (χ1v) is 10.9. The summed E-state index contributed by atoms with van der Waals surface area (Å²) in [6, 6.07) is 4.07. The molecular weight excluding hydrogens is 406 g/mol. The molecule has 0 aliphatic heterocycles. The Labute approximate surface area is 185 Å². The van der Waals surface area contributed by atoms with Crippen molar-refractivity contribution in [2.75, 3.05) is 17.7 Å². The van der Waals surface area contributed by atoms with Crippen LogP contribution in [0, 0.1) is 0 Å². The molecule has 5 rings (SSSR count). The highest BCUT2D eigenvalue weighted by molar-refractivity contribution is 6.00. The Balaban J connectivity index is 1.40. The molecule has 0 aromatic carbocycles. The summed E-state index contributed by atoms with van der Waals surface area (Å²) in [5, 5.41) is 14.9. The summed E-state index contributed by atoms with van der Waals surface area (Å²) >= 11 is 0. The molecule has 1 amide bonds. The van der Waals surface area contributed by atoms with E-state index in [4.69, 9.17) is 15.0 Å².